The van der Waals surface area contributed by atoms with Gasteiger partial charge in [-0.25, -0.2) is 4.79 Å². The summed E-state index contributed by atoms with van der Waals surface area (Å²) in [5.41, 5.74) is 2.32. The molecule has 2 rings (SSSR count). The zero-order valence-corrected chi connectivity index (χ0v) is 16.2. The van der Waals surface area contributed by atoms with E-state index in [2.05, 4.69) is 51.6 Å². The van der Waals surface area contributed by atoms with Crippen molar-refractivity contribution < 1.29 is 9.53 Å². The Balaban J connectivity index is 2.28. The molecule has 1 aliphatic carbocycles. The Morgan fingerprint density at radius 3 is 1.92 bits per heavy atom. The Kier molecular flexibility index (Phi) is 4.99. The van der Waals surface area contributed by atoms with Crippen LogP contribution in [0.5, 0.6) is 0 Å². The van der Waals surface area contributed by atoms with Crippen LogP contribution in [-0.4, -0.2) is 5.97 Å². The number of hydrogen-bond acceptors (Lipinski definition) is 2. The number of hydrogen-bond donors (Lipinski definition) is 0. The number of benzene rings is 1. The highest BCUT2D eigenvalue weighted by atomic mass is 16.6. The maximum absolute atomic E-state index is 12.6. The first kappa shape index (κ1) is 18.8. The lowest BCUT2D eigenvalue weighted by Gasteiger charge is -2.32. The lowest BCUT2D eigenvalue weighted by atomic mass is 9.84. The van der Waals surface area contributed by atoms with Crippen molar-refractivity contribution in [2.45, 2.75) is 78.2 Å². The van der Waals surface area contributed by atoms with Gasteiger partial charge < -0.3 is 4.74 Å². The normalized spacial score (nSPS) is 17.6. The molecule has 1 saturated carbocycles. The zero-order chi connectivity index (χ0) is 18.2. The Bertz CT molecular complexity index is 603. The van der Waals surface area contributed by atoms with Crippen molar-refractivity contribution in [3.05, 3.63) is 47.5 Å². The molecule has 0 N–H and O–H groups in total. The molecule has 0 spiro atoms. The number of ether oxygens (including phenoxy) is 1. The fourth-order valence-electron chi connectivity index (χ4n) is 3.21. The molecule has 0 aromatic heterocycles. The molecule has 1 aromatic rings. The molecule has 0 unspecified atom stereocenters. The van der Waals surface area contributed by atoms with Gasteiger partial charge in [-0.1, -0.05) is 72.4 Å². The standard InChI is InChI=1S/C22H32O2/c1-16(20(2,3)4)19(23)24-22(14-8-9-15-22)18-12-10-17(11-13-18)21(5,6)7/h10-13H,1,8-9,14-15H2,2-7H3. The lowest BCUT2D eigenvalue weighted by Crippen LogP contribution is -2.32. The van der Waals surface area contributed by atoms with Gasteiger partial charge in [-0.05, 0) is 47.6 Å². The third-order valence-corrected chi connectivity index (χ3v) is 5.13. The topological polar surface area (TPSA) is 26.3 Å². The molecule has 0 radical (unpaired) electrons. The van der Waals surface area contributed by atoms with Crippen LogP contribution in [0.4, 0.5) is 0 Å². The van der Waals surface area contributed by atoms with E-state index in [0.29, 0.717) is 5.57 Å². The molecular weight excluding hydrogens is 296 g/mol. The lowest BCUT2D eigenvalue weighted by molar-refractivity contribution is -0.156. The van der Waals surface area contributed by atoms with Gasteiger partial charge in [0.15, 0.2) is 0 Å². The van der Waals surface area contributed by atoms with Crippen molar-refractivity contribution in [3.8, 4) is 0 Å². The maximum atomic E-state index is 12.6. The molecule has 1 aliphatic rings. The highest BCUT2D eigenvalue weighted by Gasteiger charge is 2.41. The maximum Gasteiger partial charge on any atom is 0.334 e. The first-order valence-corrected chi connectivity index (χ1v) is 8.99. The summed E-state index contributed by atoms with van der Waals surface area (Å²) in [6, 6.07) is 8.61. The minimum absolute atomic E-state index is 0.124. The highest BCUT2D eigenvalue weighted by molar-refractivity contribution is 5.89. The summed E-state index contributed by atoms with van der Waals surface area (Å²) in [6.45, 7) is 16.6. The van der Waals surface area contributed by atoms with Gasteiger partial charge in [0.05, 0.1) is 0 Å². The highest BCUT2D eigenvalue weighted by Crippen LogP contribution is 2.43. The molecule has 2 heteroatoms. The molecular formula is C22H32O2. The molecule has 1 fully saturated rings. The van der Waals surface area contributed by atoms with Gasteiger partial charge >= 0.3 is 5.97 Å². The van der Waals surface area contributed by atoms with Crippen LogP contribution in [0.15, 0.2) is 36.4 Å². The fraction of sp³-hybridized carbons (Fsp3) is 0.591. The van der Waals surface area contributed by atoms with E-state index in [9.17, 15) is 4.79 Å². The zero-order valence-electron chi connectivity index (χ0n) is 16.2. The third kappa shape index (κ3) is 3.91. The van der Waals surface area contributed by atoms with Crippen molar-refractivity contribution in [1.29, 1.82) is 0 Å². The van der Waals surface area contributed by atoms with Crippen molar-refractivity contribution in [3.63, 3.8) is 0 Å². The van der Waals surface area contributed by atoms with Gasteiger partial charge in [-0.3, -0.25) is 0 Å². The van der Waals surface area contributed by atoms with Crippen molar-refractivity contribution in [2.24, 2.45) is 5.41 Å². The summed E-state index contributed by atoms with van der Waals surface area (Å²) in [7, 11) is 0. The predicted octanol–water partition coefficient (Wildman–Crippen LogP) is 5.90. The van der Waals surface area contributed by atoms with Crippen LogP contribution in [0.2, 0.25) is 0 Å². The van der Waals surface area contributed by atoms with E-state index in [1.165, 1.54) is 5.56 Å². The van der Waals surface area contributed by atoms with Crippen molar-refractivity contribution >= 4 is 5.97 Å². The van der Waals surface area contributed by atoms with Gasteiger partial charge in [0.2, 0.25) is 0 Å². The molecule has 0 saturated heterocycles. The van der Waals surface area contributed by atoms with E-state index < -0.39 is 5.60 Å². The van der Waals surface area contributed by atoms with E-state index in [1.807, 2.05) is 20.8 Å². The van der Waals surface area contributed by atoms with Crippen molar-refractivity contribution in [1.82, 2.24) is 0 Å². The second-order valence-corrected chi connectivity index (χ2v) is 9.15. The molecule has 132 valence electrons. The smallest absolute Gasteiger partial charge is 0.334 e. The minimum atomic E-state index is -0.484. The Morgan fingerprint density at radius 2 is 1.50 bits per heavy atom. The average Bonchev–Trinajstić information content (AvgIpc) is 2.94. The summed E-state index contributed by atoms with van der Waals surface area (Å²) in [4.78, 5) is 12.6. The van der Waals surface area contributed by atoms with Crippen LogP contribution < -0.4 is 0 Å². The minimum Gasteiger partial charge on any atom is -0.451 e. The van der Waals surface area contributed by atoms with E-state index in [-0.39, 0.29) is 16.8 Å². The fourth-order valence-corrected chi connectivity index (χ4v) is 3.21. The van der Waals surface area contributed by atoms with Gasteiger partial charge in [0.1, 0.15) is 5.60 Å². The first-order valence-electron chi connectivity index (χ1n) is 8.99. The van der Waals surface area contributed by atoms with E-state index in [1.54, 1.807) is 0 Å². The number of carbonyl (C=O) groups excluding carboxylic acids is 1. The van der Waals surface area contributed by atoms with E-state index in [0.717, 1.165) is 31.2 Å². The molecule has 0 bridgehead atoms. The molecule has 0 heterocycles. The van der Waals surface area contributed by atoms with Crippen LogP contribution in [0, 0.1) is 5.41 Å². The van der Waals surface area contributed by atoms with Crippen LogP contribution in [0.25, 0.3) is 0 Å². The summed E-state index contributed by atoms with van der Waals surface area (Å²) in [6.07, 6.45) is 3.97. The van der Waals surface area contributed by atoms with Gasteiger partial charge in [-0.2, -0.15) is 0 Å². The predicted molar refractivity (Wildman–Crippen MR) is 100.0 cm³/mol. The third-order valence-electron chi connectivity index (χ3n) is 5.13. The first-order chi connectivity index (χ1) is 11.0. The molecule has 0 aliphatic heterocycles. The molecule has 0 atom stereocenters. The van der Waals surface area contributed by atoms with E-state index >= 15 is 0 Å². The molecule has 0 amide bonds. The van der Waals surface area contributed by atoms with Gasteiger partial charge in [-0.15, -0.1) is 0 Å². The quantitative estimate of drug-likeness (QED) is 0.510. The Hall–Kier alpha value is -1.57. The summed E-state index contributed by atoms with van der Waals surface area (Å²) in [5.74, 6) is -0.260. The second kappa shape index (κ2) is 6.38. The number of rotatable bonds is 3. The molecule has 2 nitrogen and oxygen atoms in total. The average molecular weight is 328 g/mol. The summed E-state index contributed by atoms with van der Waals surface area (Å²) >= 11 is 0. The molecule has 1 aromatic carbocycles. The largest absolute Gasteiger partial charge is 0.451 e. The second-order valence-electron chi connectivity index (χ2n) is 9.15. The van der Waals surface area contributed by atoms with Crippen LogP contribution in [-0.2, 0) is 20.5 Å². The van der Waals surface area contributed by atoms with Crippen LogP contribution in [0.3, 0.4) is 0 Å². The Labute approximate surface area is 147 Å². The molecule has 24 heavy (non-hydrogen) atoms. The van der Waals surface area contributed by atoms with Gasteiger partial charge in [0, 0.05) is 5.57 Å². The number of esters is 1. The van der Waals surface area contributed by atoms with Crippen LogP contribution in [0.1, 0.15) is 78.4 Å². The Morgan fingerprint density at radius 1 is 1.00 bits per heavy atom. The SMILES string of the molecule is C=C(C(=O)OC1(c2ccc(C(C)(C)C)cc2)CCCC1)C(C)(C)C. The summed E-state index contributed by atoms with van der Waals surface area (Å²) < 4.78 is 6.06. The van der Waals surface area contributed by atoms with E-state index in [4.69, 9.17) is 4.74 Å². The van der Waals surface area contributed by atoms with Crippen molar-refractivity contribution in [2.75, 3.05) is 0 Å². The summed E-state index contributed by atoms with van der Waals surface area (Å²) in [5, 5.41) is 0. The van der Waals surface area contributed by atoms with Crippen LogP contribution >= 0.6 is 0 Å². The number of carbonyl (C=O) groups is 1. The van der Waals surface area contributed by atoms with Gasteiger partial charge in [0.25, 0.3) is 0 Å². The monoisotopic (exact) mass is 328 g/mol.